The maximum atomic E-state index is 6.22. The molecule has 1 aromatic rings. The Hall–Kier alpha value is -0.770. The minimum absolute atomic E-state index is 0.548. The number of halogens is 1. The Bertz CT molecular complexity index is 371. The monoisotopic (exact) mass is 285 g/mol. The second-order valence-corrected chi connectivity index (χ2v) is 5.17. The van der Waals surface area contributed by atoms with Gasteiger partial charge in [-0.05, 0) is 23.6 Å². The minimum atomic E-state index is 0.548. The van der Waals surface area contributed by atoms with Crippen LogP contribution in [0.25, 0.3) is 0 Å². The molecule has 1 rings (SSSR count). The highest BCUT2D eigenvalue weighted by atomic mass is 35.5. The minimum Gasteiger partial charge on any atom is -0.492 e. The lowest BCUT2D eigenvalue weighted by Gasteiger charge is -2.13. The number of nitrogens with one attached hydrogen (secondary N) is 1. The topological polar surface area (TPSA) is 30.5 Å². The molecule has 1 aromatic carbocycles. The number of benzene rings is 1. The zero-order valence-electron chi connectivity index (χ0n) is 12.0. The summed E-state index contributed by atoms with van der Waals surface area (Å²) in [6.45, 7) is 7.37. The first-order valence-corrected chi connectivity index (χ1v) is 7.16. The molecule has 0 heterocycles. The predicted octanol–water partition coefficient (Wildman–Crippen LogP) is 3.50. The van der Waals surface area contributed by atoms with Crippen LogP contribution in [0.5, 0.6) is 5.75 Å². The van der Waals surface area contributed by atoms with E-state index in [2.05, 4.69) is 19.2 Å². The van der Waals surface area contributed by atoms with Crippen LogP contribution in [0.3, 0.4) is 0 Å². The molecule has 1 unspecified atom stereocenters. The molecule has 4 heteroatoms. The zero-order chi connectivity index (χ0) is 14.1. The fourth-order valence-corrected chi connectivity index (χ4v) is 1.79. The van der Waals surface area contributed by atoms with Crippen LogP contribution in [0.15, 0.2) is 18.2 Å². The summed E-state index contributed by atoms with van der Waals surface area (Å²) in [5.41, 5.74) is 1.15. The van der Waals surface area contributed by atoms with Gasteiger partial charge < -0.3 is 14.8 Å². The zero-order valence-corrected chi connectivity index (χ0v) is 12.8. The summed E-state index contributed by atoms with van der Waals surface area (Å²) in [5.74, 6) is 1.31. The molecule has 0 saturated heterocycles. The summed E-state index contributed by atoms with van der Waals surface area (Å²) in [4.78, 5) is 0. The van der Waals surface area contributed by atoms with Crippen LogP contribution in [0.2, 0.25) is 5.02 Å². The molecule has 0 amide bonds. The van der Waals surface area contributed by atoms with Crippen molar-refractivity contribution in [3.63, 3.8) is 0 Å². The molecule has 0 aliphatic heterocycles. The van der Waals surface area contributed by atoms with Crippen molar-refractivity contribution in [1.29, 1.82) is 0 Å². The summed E-state index contributed by atoms with van der Waals surface area (Å²) in [6.07, 6.45) is 1.11. The molecule has 0 bridgehead atoms. The van der Waals surface area contributed by atoms with E-state index < -0.39 is 0 Å². The molecule has 0 aliphatic rings. The number of methoxy groups -OCH3 is 1. The van der Waals surface area contributed by atoms with Gasteiger partial charge in [-0.2, -0.15) is 0 Å². The highest BCUT2D eigenvalue weighted by molar-refractivity contribution is 6.32. The van der Waals surface area contributed by atoms with Gasteiger partial charge in [0.25, 0.3) is 0 Å². The van der Waals surface area contributed by atoms with Gasteiger partial charge in [0.1, 0.15) is 5.75 Å². The first-order valence-electron chi connectivity index (χ1n) is 6.78. The van der Waals surface area contributed by atoms with E-state index >= 15 is 0 Å². The second-order valence-electron chi connectivity index (χ2n) is 4.76. The molecule has 0 saturated carbocycles. The first-order chi connectivity index (χ1) is 9.17. The molecule has 0 aliphatic carbocycles. The summed E-state index contributed by atoms with van der Waals surface area (Å²) in [5, 5.41) is 3.96. The van der Waals surface area contributed by atoms with Crippen molar-refractivity contribution in [3.05, 3.63) is 28.8 Å². The molecule has 0 radical (unpaired) electrons. The van der Waals surface area contributed by atoms with E-state index in [9.17, 15) is 0 Å². The average Bonchev–Trinajstić information content (AvgIpc) is 2.42. The van der Waals surface area contributed by atoms with Gasteiger partial charge in [0.15, 0.2) is 0 Å². The Balaban J connectivity index is 2.45. The van der Waals surface area contributed by atoms with Crippen LogP contribution in [0.4, 0.5) is 0 Å². The smallest absolute Gasteiger partial charge is 0.137 e. The van der Waals surface area contributed by atoms with E-state index in [1.807, 2.05) is 18.2 Å². The van der Waals surface area contributed by atoms with E-state index in [1.54, 1.807) is 7.11 Å². The van der Waals surface area contributed by atoms with Crippen molar-refractivity contribution in [2.75, 3.05) is 26.9 Å². The SMILES string of the molecule is CCC(C)COc1ccc(CNCCOC)cc1Cl. The molecule has 0 fully saturated rings. The van der Waals surface area contributed by atoms with E-state index in [0.29, 0.717) is 24.2 Å². The predicted molar refractivity (Wildman–Crippen MR) is 80.0 cm³/mol. The summed E-state index contributed by atoms with van der Waals surface area (Å²) in [7, 11) is 1.70. The van der Waals surface area contributed by atoms with Crippen LogP contribution in [-0.4, -0.2) is 26.9 Å². The Morgan fingerprint density at radius 1 is 1.37 bits per heavy atom. The molecule has 108 valence electrons. The number of hydrogen-bond acceptors (Lipinski definition) is 3. The second kappa shape index (κ2) is 9.18. The van der Waals surface area contributed by atoms with Crippen molar-refractivity contribution in [2.45, 2.75) is 26.8 Å². The molecular weight excluding hydrogens is 262 g/mol. The maximum absolute atomic E-state index is 6.22. The highest BCUT2D eigenvalue weighted by Crippen LogP contribution is 2.26. The van der Waals surface area contributed by atoms with Crippen molar-refractivity contribution >= 4 is 11.6 Å². The van der Waals surface area contributed by atoms with Gasteiger partial charge in [-0.3, -0.25) is 0 Å². The number of hydrogen-bond donors (Lipinski definition) is 1. The lowest BCUT2D eigenvalue weighted by Crippen LogP contribution is -2.18. The number of ether oxygens (including phenoxy) is 2. The lowest BCUT2D eigenvalue weighted by molar-refractivity contribution is 0.199. The van der Waals surface area contributed by atoms with Crippen LogP contribution >= 0.6 is 11.6 Å². The van der Waals surface area contributed by atoms with Crippen LogP contribution in [-0.2, 0) is 11.3 Å². The third-order valence-corrected chi connectivity index (χ3v) is 3.32. The van der Waals surface area contributed by atoms with Crippen molar-refractivity contribution < 1.29 is 9.47 Å². The Morgan fingerprint density at radius 2 is 2.16 bits per heavy atom. The van der Waals surface area contributed by atoms with Crippen LogP contribution in [0, 0.1) is 5.92 Å². The average molecular weight is 286 g/mol. The summed E-state index contributed by atoms with van der Waals surface area (Å²) in [6, 6.07) is 5.93. The Morgan fingerprint density at radius 3 is 2.79 bits per heavy atom. The fraction of sp³-hybridized carbons (Fsp3) is 0.600. The summed E-state index contributed by atoms with van der Waals surface area (Å²) >= 11 is 6.22. The van der Waals surface area contributed by atoms with Crippen molar-refractivity contribution in [3.8, 4) is 5.75 Å². The van der Waals surface area contributed by atoms with E-state index in [1.165, 1.54) is 0 Å². The normalized spacial score (nSPS) is 12.4. The number of rotatable bonds is 9. The Kier molecular flexibility index (Phi) is 7.87. The van der Waals surface area contributed by atoms with Crippen molar-refractivity contribution in [1.82, 2.24) is 5.32 Å². The van der Waals surface area contributed by atoms with E-state index in [4.69, 9.17) is 21.1 Å². The van der Waals surface area contributed by atoms with Gasteiger partial charge in [0.2, 0.25) is 0 Å². The lowest BCUT2D eigenvalue weighted by atomic mass is 10.1. The third-order valence-electron chi connectivity index (χ3n) is 3.03. The van der Waals surface area contributed by atoms with Crippen LogP contribution in [0.1, 0.15) is 25.8 Å². The largest absolute Gasteiger partial charge is 0.492 e. The highest BCUT2D eigenvalue weighted by Gasteiger charge is 2.05. The van der Waals surface area contributed by atoms with Crippen LogP contribution < -0.4 is 10.1 Å². The molecule has 0 spiro atoms. The molecule has 0 aromatic heterocycles. The first kappa shape index (κ1) is 16.3. The van der Waals surface area contributed by atoms with Gasteiger partial charge in [-0.25, -0.2) is 0 Å². The molecule has 19 heavy (non-hydrogen) atoms. The van der Waals surface area contributed by atoms with Gasteiger partial charge in [-0.15, -0.1) is 0 Å². The molecular formula is C15H24ClNO2. The molecule has 1 N–H and O–H groups in total. The third kappa shape index (κ3) is 6.28. The quantitative estimate of drug-likeness (QED) is 0.705. The van der Waals surface area contributed by atoms with E-state index in [-0.39, 0.29) is 0 Å². The molecule has 1 atom stereocenters. The maximum Gasteiger partial charge on any atom is 0.137 e. The van der Waals surface area contributed by atoms with Crippen molar-refractivity contribution in [2.24, 2.45) is 5.92 Å². The fourth-order valence-electron chi connectivity index (χ4n) is 1.53. The Labute approximate surface area is 121 Å². The standard InChI is InChI=1S/C15H24ClNO2/c1-4-12(2)11-19-15-6-5-13(9-14(15)16)10-17-7-8-18-3/h5-6,9,12,17H,4,7-8,10-11H2,1-3H3. The van der Waals surface area contributed by atoms with E-state index in [0.717, 1.165) is 30.8 Å². The summed E-state index contributed by atoms with van der Waals surface area (Å²) < 4.78 is 10.7. The van der Waals surface area contributed by atoms with Gasteiger partial charge in [0, 0.05) is 20.2 Å². The van der Waals surface area contributed by atoms with Gasteiger partial charge in [0.05, 0.1) is 18.2 Å². The van der Waals surface area contributed by atoms with Gasteiger partial charge >= 0.3 is 0 Å². The molecule has 3 nitrogen and oxygen atoms in total. The van der Waals surface area contributed by atoms with Gasteiger partial charge in [-0.1, -0.05) is 37.9 Å².